The Bertz CT molecular complexity index is 1290. The number of imide groups is 1. The summed E-state index contributed by atoms with van der Waals surface area (Å²) in [5.41, 5.74) is 1.60. The van der Waals surface area contributed by atoms with Gasteiger partial charge < -0.3 is 4.74 Å². The lowest BCUT2D eigenvalue weighted by Gasteiger charge is -2.14. The maximum atomic E-state index is 14.1. The van der Waals surface area contributed by atoms with Gasteiger partial charge >= 0.3 is 0 Å². The van der Waals surface area contributed by atoms with Crippen molar-refractivity contribution >= 4 is 84.0 Å². The first-order chi connectivity index (χ1) is 16.2. The Balaban J connectivity index is 1.53. The lowest BCUT2D eigenvalue weighted by atomic mass is 10.2. The number of hydrogen-bond donors (Lipinski definition) is 0. The average Bonchev–Trinajstić information content (AvgIpc) is 3.04. The largest absolute Gasteiger partial charge is 0.486 e. The molecule has 0 spiro atoms. The van der Waals surface area contributed by atoms with Gasteiger partial charge in [-0.2, -0.15) is 0 Å². The van der Waals surface area contributed by atoms with Gasteiger partial charge in [-0.25, -0.2) is 4.39 Å². The van der Waals surface area contributed by atoms with Crippen molar-refractivity contribution in [1.82, 2.24) is 4.90 Å². The van der Waals surface area contributed by atoms with Gasteiger partial charge in [0.1, 0.15) is 18.2 Å². The molecule has 10 heteroatoms. The number of ether oxygens (including phenoxy) is 1. The van der Waals surface area contributed by atoms with E-state index < -0.39 is 17.0 Å². The zero-order valence-electron chi connectivity index (χ0n) is 17.2. The van der Waals surface area contributed by atoms with E-state index in [9.17, 15) is 14.0 Å². The summed E-state index contributed by atoms with van der Waals surface area (Å²) in [5, 5.41) is 0.274. The summed E-state index contributed by atoms with van der Waals surface area (Å²) >= 11 is 20.0. The van der Waals surface area contributed by atoms with E-state index in [1.165, 1.54) is 18.2 Å². The second-order valence-corrected chi connectivity index (χ2v) is 10.7. The molecule has 0 bridgehead atoms. The molecule has 34 heavy (non-hydrogen) atoms. The Hall–Kier alpha value is -1.84. The molecular weight excluding hydrogens is 632 g/mol. The molecule has 0 unspecified atom stereocenters. The lowest BCUT2D eigenvalue weighted by Crippen LogP contribution is -2.28. The summed E-state index contributed by atoms with van der Waals surface area (Å²) in [6, 6.07) is 15.2. The first-order valence-electron chi connectivity index (χ1n) is 9.78. The topological polar surface area (TPSA) is 46.6 Å². The minimum Gasteiger partial charge on any atom is -0.486 e. The molecule has 0 aromatic heterocycles. The molecule has 1 aliphatic heterocycles. The number of thioether (sulfide) groups is 1. The number of benzene rings is 3. The monoisotopic (exact) mass is 643 g/mol. The van der Waals surface area contributed by atoms with E-state index in [4.69, 9.17) is 27.9 Å². The van der Waals surface area contributed by atoms with E-state index in [2.05, 4.69) is 31.9 Å². The molecule has 4 nitrogen and oxygen atoms in total. The molecule has 0 radical (unpaired) electrons. The maximum absolute atomic E-state index is 14.1. The Morgan fingerprint density at radius 1 is 1.00 bits per heavy atom. The Morgan fingerprint density at radius 2 is 1.68 bits per heavy atom. The third-order valence-electron chi connectivity index (χ3n) is 4.90. The van der Waals surface area contributed by atoms with Gasteiger partial charge in [0.2, 0.25) is 0 Å². The Labute approximate surface area is 226 Å². The van der Waals surface area contributed by atoms with E-state index in [1.807, 2.05) is 18.2 Å². The zero-order chi connectivity index (χ0) is 24.4. The summed E-state index contributed by atoms with van der Waals surface area (Å²) in [4.78, 5) is 26.5. The molecule has 174 valence electrons. The van der Waals surface area contributed by atoms with Crippen molar-refractivity contribution < 1.29 is 18.7 Å². The van der Waals surface area contributed by atoms with Crippen molar-refractivity contribution in [3.63, 3.8) is 0 Å². The molecule has 0 atom stereocenters. The van der Waals surface area contributed by atoms with Crippen LogP contribution in [0.15, 0.2) is 68.4 Å². The van der Waals surface area contributed by atoms with Crippen LogP contribution in [0.2, 0.25) is 10.0 Å². The number of carbonyl (C=O) groups excluding carboxylic acids is 2. The second kappa shape index (κ2) is 10.8. The molecule has 0 N–H and O–H groups in total. The van der Waals surface area contributed by atoms with Crippen LogP contribution in [0.5, 0.6) is 5.75 Å². The van der Waals surface area contributed by atoms with Crippen molar-refractivity contribution in [3.05, 3.63) is 101 Å². The van der Waals surface area contributed by atoms with Crippen molar-refractivity contribution in [2.45, 2.75) is 13.2 Å². The maximum Gasteiger partial charge on any atom is 0.293 e. The quantitative estimate of drug-likeness (QED) is 0.252. The molecular formula is C24H14Br2Cl2FNO3S. The van der Waals surface area contributed by atoms with Crippen molar-refractivity contribution in [3.8, 4) is 5.75 Å². The fourth-order valence-electron chi connectivity index (χ4n) is 3.20. The molecule has 4 rings (SSSR count). The van der Waals surface area contributed by atoms with Gasteiger partial charge in [-0.3, -0.25) is 14.5 Å². The SMILES string of the molecule is O=C1S/C(=C\c2cc(Br)c(OCc3ccccc3Cl)c(Br)c2)C(=O)N1Cc1c(F)cccc1Cl. The molecule has 1 heterocycles. The number of carbonyl (C=O) groups is 2. The first-order valence-corrected chi connectivity index (χ1v) is 12.9. The van der Waals surface area contributed by atoms with Crippen LogP contribution in [-0.2, 0) is 17.9 Å². The van der Waals surface area contributed by atoms with Crippen molar-refractivity contribution in [2.24, 2.45) is 0 Å². The second-order valence-electron chi connectivity index (χ2n) is 7.16. The van der Waals surface area contributed by atoms with E-state index >= 15 is 0 Å². The van der Waals surface area contributed by atoms with E-state index in [0.29, 0.717) is 25.3 Å². The predicted molar refractivity (Wildman–Crippen MR) is 141 cm³/mol. The van der Waals surface area contributed by atoms with Gasteiger partial charge in [0, 0.05) is 21.2 Å². The molecule has 1 saturated heterocycles. The van der Waals surface area contributed by atoms with Crippen LogP contribution in [0.1, 0.15) is 16.7 Å². The minimum atomic E-state index is -0.573. The normalized spacial score (nSPS) is 14.9. The van der Waals surface area contributed by atoms with Crippen LogP contribution in [-0.4, -0.2) is 16.0 Å². The number of amides is 2. The van der Waals surface area contributed by atoms with Crippen molar-refractivity contribution in [2.75, 3.05) is 0 Å². The fraction of sp³-hybridized carbons (Fsp3) is 0.0833. The van der Waals surface area contributed by atoms with E-state index in [-0.39, 0.29) is 28.6 Å². The highest BCUT2D eigenvalue weighted by Gasteiger charge is 2.36. The fourth-order valence-corrected chi connectivity index (χ4v) is 5.90. The molecule has 1 aliphatic rings. The Kier molecular flexibility index (Phi) is 8.05. The smallest absolute Gasteiger partial charge is 0.293 e. The van der Waals surface area contributed by atoms with Crippen LogP contribution in [0.25, 0.3) is 6.08 Å². The van der Waals surface area contributed by atoms with Crippen LogP contribution in [0.3, 0.4) is 0 Å². The molecule has 0 aliphatic carbocycles. The standard InChI is InChI=1S/C24H14Br2Cl2FNO3S/c25-16-8-13(9-17(26)22(16)33-12-14-4-1-2-5-18(14)27)10-21-23(31)30(24(32)34-21)11-15-19(28)6-3-7-20(15)29/h1-10H,11-12H2/b21-10-. The van der Waals surface area contributed by atoms with Gasteiger partial charge in [-0.05, 0) is 85.6 Å². The van der Waals surface area contributed by atoms with Crippen LogP contribution >= 0.6 is 66.8 Å². The van der Waals surface area contributed by atoms with Crippen LogP contribution < -0.4 is 4.74 Å². The third-order valence-corrected chi connectivity index (χ3v) is 7.71. The number of nitrogens with zero attached hydrogens (tertiary/aromatic N) is 1. The zero-order valence-corrected chi connectivity index (χ0v) is 22.7. The lowest BCUT2D eigenvalue weighted by molar-refractivity contribution is -0.123. The third kappa shape index (κ3) is 5.52. The van der Waals surface area contributed by atoms with E-state index in [1.54, 1.807) is 24.3 Å². The minimum absolute atomic E-state index is 0.0956. The first kappa shape index (κ1) is 25.3. The Morgan fingerprint density at radius 3 is 2.35 bits per heavy atom. The molecule has 0 saturated carbocycles. The molecule has 3 aromatic carbocycles. The molecule has 1 fully saturated rings. The summed E-state index contributed by atoms with van der Waals surface area (Å²) in [6.07, 6.45) is 1.60. The van der Waals surface area contributed by atoms with E-state index in [0.717, 1.165) is 22.2 Å². The van der Waals surface area contributed by atoms with Crippen LogP contribution in [0.4, 0.5) is 9.18 Å². The van der Waals surface area contributed by atoms with Gasteiger partial charge in [-0.15, -0.1) is 0 Å². The number of hydrogen-bond acceptors (Lipinski definition) is 4. The van der Waals surface area contributed by atoms with Gasteiger partial charge in [-0.1, -0.05) is 47.5 Å². The highest BCUT2D eigenvalue weighted by molar-refractivity contribution is 9.11. The van der Waals surface area contributed by atoms with Crippen molar-refractivity contribution in [1.29, 1.82) is 0 Å². The van der Waals surface area contributed by atoms with Gasteiger partial charge in [0.05, 0.1) is 20.4 Å². The van der Waals surface area contributed by atoms with Gasteiger partial charge in [0.25, 0.3) is 11.1 Å². The highest BCUT2D eigenvalue weighted by atomic mass is 79.9. The number of halogens is 5. The predicted octanol–water partition coefficient (Wildman–Crippen LogP) is 8.47. The summed E-state index contributed by atoms with van der Waals surface area (Å²) in [5.74, 6) is -0.518. The summed E-state index contributed by atoms with van der Waals surface area (Å²) in [6.45, 7) is 0.0312. The summed E-state index contributed by atoms with van der Waals surface area (Å²) < 4.78 is 21.4. The number of rotatable bonds is 6. The average molecular weight is 646 g/mol. The summed E-state index contributed by atoms with van der Waals surface area (Å²) in [7, 11) is 0. The van der Waals surface area contributed by atoms with Gasteiger partial charge in [0.15, 0.2) is 0 Å². The molecule has 2 amide bonds. The molecule has 3 aromatic rings. The highest BCUT2D eigenvalue weighted by Crippen LogP contribution is 2.39. The van der Waals surface area contributed by atoms with Crippen LogP contribution in [0, 0.1) is 5.82 Å².